The Balaban J connectivity index is 0.000000247. The molecule has 2 atom stereocenters. The lowest BCUT2D eigenvalue weighted by Gasteiger charge is -2.31. The van der Waals surface area contributed by atoms with Crippen molar-refractivity contribution in [2.75, 3.05) is 39.4 Å². The third-order valence-electron chi connectivity index (χ3n) is 13.4. The number of aromatic nitrogens is 4. The van der Waals surface area contributed by atoms with Crippen LogP contribution in [0, 0.1) is 11.8 Å². The summed E-state index contributed by atoms with van der Waals surface area (Å²) in [7, 11) is 0. The van der Waals surface area contributed by atoms with E-state index >= 15 is 0 Å². The van der Waals surface area contributed by atoms with E-state index in [1.807, 2.05) is 60.7 Å². The van der Waals surface area contributed by atoms with Crippen molar-refractivity contribution in [3.63, 3.8) is 0 Å². The van der Waals surface area contributed by atoms with Crippen molar-refractivity contribution >= 4 is 24.8 Å². The van der Waals surface area contributed by atoms with Crippen LogP contribution in [0.2, 0.25) is 0 Å². The number of benzene rings is 2. The summed E-state index contributed by atoms with van der Waals surface area (Å²) in [6, 6.07) is 19.8. The molecule has 4 heterocycles. The molecule has 4 aliphatic rings. The maximum atomic E-state index is 14.2. The van der Waals surface area contributed by atoms with Gasteiger partial charge >= 0.3 is 0 Å². The second kappa shape index (κ2) is 27.4. The van der Waals surface area contributed by atoms with Crippen LogP contribution in [-0.4, -0.2) is 83.8 Å². The molecule has 2 aliphatic heterocycles. The van der Waals surface area contributed by atoms with Gasteiger partial charge in [0.2, 0.25) is 11.8 Å². The molecule has 2 saturated heterocycles. The molecule has 0 spiro atoms. The van der Waals surface area contributed by atoms with E-state index in [4.69, 9.17) is 18.9 Å². The molecular formula is C52H72Cl2F4N6O4. The molecule has 376 valence electrons. The number of aryl methyl sites for hydroxylation is 2. The lowest BCUT2D eigenvalue weighted by molar-refractivity contribution is -0.0914. The highest BCUT2D eigenvalue weighted by molar-refractivity contribution is 5.85. The molecule has 0 amide bonds. The monoisotopic (exact) mass is 990 g/mol. The van der Waals surface area contributed by atoms with Crippen LogP contribution < -0.4 is 29.6 Å². The van der Waals surface area contributed by atoms with Gasteiger partial charge in [0.1, 0.15) is 11.5 Å². The van der Waals surface area contributed by atoms with E-state index < -0.39 is 23.7 Å². The minimum absolute atomic E-state index is 0. The van der Waals surface area contributed by atoms with E-state index in [2.05, 4.69) is 44.9 Å². The van der Waals surface area contributed by atoms with Gasteiger partial charge in [-0.1, -0.05) is 63.8 Å². The minimum atomic E-state index is -2.73. The fraction of sp³-hybridized carbons (Fsp3) is 0.615. The van der Waals surface area contributed by atoms with Gasteiger partial charge in [0.05, 0.1) is 48.6 Å². The summed E-state index contributed by atoms with van der Waals surface area (Å²) in [5, 5.41) is 23.2. The third-order valence-corrected chi connectivity index (χ3v) is 13.4. The van der Waals surface area contributed by atoms with Crippen LogP contribution in [-0.2, 0) is 12.8 Å². The molecule has 2 unspecified atom stereocenters. The van der Waals surface area contributed by atoms with Crippen LogP contribution in [0.4, 0.5) is 17.6 Å². The Labute approximate surface area is 413 Å². The average Bonchev–Trinajstić information content (AvgIpc) is 3.33. The first-order valence-corrected chi connectivity index (χ1v) is 24.8. The first-order chi connectivity index (χ1) is 32.1. The van der Waals surface area contributed by atoms with Crippen molar-refractivity contribution in [3.8, 4) is 45.5 Å². The summed E-state index contributed by atoms with van der Waals surface area (Å²) >= 11 is 0. The molecule has 8 rings (SSSR count). The zero-order chi connectivity index (χ0) is 46.2. The number of ether oxygens (including phenoxy) is 4. The van der Waals surface area contributed by atoms with Crippen LogP contribution in [0.15, 0.2) is 60.7 Å². The summed E-state index contributed by atoms with van der Waals surface area (Å²) in [4.78, 5) is 0. The molecule has 10 nitrogen and oxygen atoms in total. The SMILES string of the molecule is CCCCc1nnc(OCC2CNCCC2(F)F)cc1-c1ccc(OC2CCCCC2)cc1.CCCCc1nnc(OCC2CNCCC2(F)F)cc1-c1ccc(OC2CCCCC2)cc1.Cl.Cl. The van der Waals surface area contributed by atoms with Crippen LogP contribution in [0.25, 0.3) is 22.3 Å². The predicted molar refractivity (Wildman–Crippen MR) is 264 cm³/mol. The molecule has 2 aliphatic carbocycles. The molecule has 0 bridgehead atoms. The molecule has 2 aromatic carbocycles. The molecule has 68 heavy (non-hydrogen) atoms. The predicted octanol–water partition coefficient (Wildman–Crippen LogP) is 12.5. The number of hydrogen-bond donors (Lipinski definition) is 2. The lowest BCUT2D eigenvalue weighted by atomic mass is 9.96. The Bertz CT molecular complexity index is 1930. The van der Waals surface area contributed by atoms with Gasteiger partial charge in [0.15, 0.2) is 0 Å². The van der Waals surface area contributed by atoms with Gasteiger partial charge in [-0.3, -0.25) is 0 Å². The fourth-order valence-electron chi connectivity index (χ4n) is 9.18. The van der Waals surface area contributed by atoms with Gasteiger partial charge in [-0.25, -0.2) is 17.6 Å². The fourth-order valence-corrected chi connectivity index (χ4v) is 9.18. The lowest BCUT2D eigenvalue weighted by Crippen LogP contribution is -2.47. The number of alkyl halides is 4. The topological polar surface area (TPSA) is 113 Å². The van der Waals surface area contributed by atoms with Crippen molar-refractivity contribution in [2.45, 2.75) is 153 Å². The van der Waals surface area contributed by atoms with Crippen LogP contribution in [0.3, 0.4) is 0 Å². The standard InChI is InChI=1S/2C26H35F2N3O2.2ClH/c2*1-2-3-9-24-23(19-10-12-22(13-11-19)33-21-7-5-4-6-8-21)16-25(31-30-24)32-18-20-17-29-15-14-26(20,27)28;;/h2*10-13,16,20-21,29H,2-9,14-15,17-18H2,1H3;2*1H. The largest absolute Gasteiger partial charge is 0.490 e. The zero-order valence-corrected chi connectivity index (χ0v) is 41.4. The first kappa shape index (κ1) is 55.0. The van der Waals surface area contributed by atoms with Crippen molar-refractivity contribution in [1.29, 1.82) is 0 Å². The minimum Gasteiger partial charge on any atom is -0.490 e. The molecule has 2 saturated carbocycles. The van der Waals surface area contributed by atoms with Crippen molar-refractivity contribution < 1.29 is 36.5 Å². The Morgan fingerprint density at radius 1 is 0.544 bits per heavy atom. The maximum Gasteiger partial charge on any atom is 0.256 e. The van der Waals surface area contributed by atoms with Crippen LogP contribution in [0.5, 0.6) is 23.3 Å². The molecule has 16 heteroatoms. The van der Waals surface area contributed by atoms with E-state index in [0.717, 1.165) is 109 Å². The highest BCUT2D eigenvalue weighted by atomic mass is 35.5. The molecular weight excluding hydrogens is 920 g/mol. The quantitative estimate of drug-likeness (QED) is 0.0935. The van der Waals surface area contributed by atoms with E-state index in [1.165, 1.54) is 38.5 Å². The number of piperidine rings is 2. The number of nitrogens with one attached hydrogen (secondary N) is 2. The van der Waals surface area contributed by atoms with Crippen LogP contribution in [0.1, 0.15) is 128 Å². The smallest absolute Gasteiger partial charge is 0.256 e. The van der Waals surface area contributed by atoms with Gasteiger partial charge in [-0.05, 0) is 112 Å². The number of halogens is 6. The zero-order valence-electron chi connectivity index (χ0n) is 39.8. The average molecular weight is 992 g/mol. The van der Waals surface area contributed by atoms with Gasteiger partial charge < -0.3 is 29.6 Å². The summed E-state index contributed by atoms with van der Waals surface area (Å²) < 4.78 is 80.4. The molecule has 2 N–H and O–H groups in total. The highest BCUT2D eigenvalue weighted by Crippen LogP contribution is 2.35. The normalized spacial score (nSPS) is 20.4. The van der Waals surface area contributed by atoms with E-state index in [0.29, 0.717) is 25.3 Å². The maximum absolute atomic E-state index is 14.2. The number of nitrogens with zero attached hydrogens (tertiary/aromatic N) is 4. The van der Waals surface area contributed by atoms with E-state index in [1.54, 1.807) is 0 Å². The molecule has 4 aromatic rings. The van der Waals surface area contributed by atoms with Gasteiger partial charge in [-0.2, -0.15) is 10.2 Å². The molecule has 4 fully saturated rings. The Kier molecular flexibility index (Phi) is 22.2. The van der Waals surface area contributed by atoms with Gasteiger partial charge in [0, 0.05) is 62.3 Å². The summed E-state index contributed by atoms with van der Waals surface area (Å²) in [6.45, 7) is 5.25. The number of hydrogen-bond acceptors (Lipinski definition) is 10. The summed E-state index contributed by atoms with van der Waals surface area (Å²) in [5.41, 5.74) is 5.67. The Morgan fingerprint density at radius 2 is 0.926 bits per heavy atom. The first-order valence-electron chi connectivity index (χ1n) is 24.8. The van der Waals surface area contributed by atoms with Gasteiger partial charge in [0.25, 0.3) is 11.8 Å². The van der Waals surface area contributed by atoms with E-state index in [-0.39, 0.29) is 75.7 Å². The van der Waals surface area contributed by atoms with Crippen molar-refractivity contribution in [2.24, 2.45) is 11.8 Å². The summed E-state index contributed by atoms with van der Waals surface area (Å²) in [5.74, 6) is -4.85. The second-order valence-corrected chi connectivity index (χ2v) is 18.5. The van der Waals surface area contributed by atoms with Crippen molar-refractivity contribution in [3.05, 3.63) is 72.1 Å². The van der Waals surface area contributed by atoms with Crippen molar-refractivity contribution in [1.82, 2.24) is 31.0 Å². The summed E-state index contributed by atoms with van der Waals surface area (Å²) in [6.07, 6.45) is 18.0. The van der Waals surface area contributed by atoms with Gasteiger partial charge in [-0.15, -0.1) is 35.0 Å². The Hall–Kier alpha value is -3.98. The third kappa shape index (κ3) is 16.0. The highest BCUT2D eigenvalue weighted by Gasteiger charge is 2.43. The number of rotatable bonds is 18. The van der Waals surface area contributed by atoms with Crippen LogP contribution >= 0.6 is 24.8 Å². The number of unbranched alkanes of at least 4 members (excludes halogenated alkanes) is 2. The van der Waals surface area contributed by atoms with E-state index in [9.17, 15) is 17.6 Å². The molecule has 2 aromatic heterocycles. The molecule has 0 radical (unpaired) electrons. The second-order valence-electron chi connectivity index (χ2n) is 18.5. The Morgan fingerprint density at radius 3 is 1.28 bits per heavy atom.